The molecule has 1 atom stereocenters. The molecule has 1 unspecified atom stereocenters. The summed E-state index contributed by atoms with van der Waals surface area (Å²) in [5, 5.41) is 0. The lowest BCUT2D eigenvalue weighted by Gasteiger charge is -2.19. The van der Waals surface area contributed by atoms with Gasteiger partial charge < -0.3 is 15.4 Å². The zero-order chi connectivity index (χ0) is 13.7. The summed E-state index contributed by atoms with van der Waals surface area (Å²) < 4.78 is 5.42. The Bertz CT molecular complexity index is 391. The van der Waals surface area contributed by atoms with E-state index in [9.17, 15) is 0 Å². The van der Waals surface area contributed by atoms with Crippen LogP contribution >= 0.6 is 0 Å². The SMILES string of the molecule is COc1c(C)cnc(CN(C)CCC(C)N)c1C. The fourth-order valence-corrected chi connectivity index (χ4v) is 1.99. The summed E-state index contributed by atoms with van der Waals surface area (Å²) in [6.07, 6.45) is 2.87. The minimum atomic E-state index is 0.245. The fraction of sp³-hybridized carbons (Fsp3) is 0.643. The largest absolute Gasteiger partial charge is 0.496 e. The Morgan fingerprint density at radius 2 is 2.11 bits per heavy atom. The third-order valence-corrected chi connectivity index (χ3v) is 3.14. The zero-order valence-electron chi connectivity index (χ0n) is 12.2. The molecule has 4 nitrogen and oxygen atoms in total. The van der Waals surface area contributed by atoms with Gasteiger partial charge in [-0.25, -0.2) is 0 Å². The molecule has 0 amide bonds. The zero-order valence-corrected chi connectivity index (χ0v) is 12.2. The monoisotopic (exact) mass is 251 g/mol. The Kier molecular flexibility index (Phi) is 5.56. The second-order valence-electron chi connectivity index (χ2n) is 5.05. The summed E-state index contributed by atoms with van der Waals surface area (Å²) in [4.78, 5) is 6.74. The second kappa shape index (κ2) is 6.71. The van der Waals surface area contributed by atoms with E-state index in [4.69, 9.17) is 10.5 Å². The Morgan fingerprint density at radius 1 is 1.44 bits per heavy atom. The summed E-state index contributed by atoms with van der Waals surface area (Å²) in [5.74, 6) is 0.945. The highest BCUT2D eigenvalue weighted by Gasteiger charge is 2.11. The number of nitrogens with two attached hydrogens (primary N) is 1. The van der Waals surface area contributed by atoms with Crippen LogP contribution in [0.5, 0.6) is 5.75 Å². The van der Waals surface area contributed by atoms with Crippen molar-refractivity contribution in [1.29, 1.82) is 0 Å². The Morgan fingerprint density at radius 3 is 2.67 bits per heavy atom. The first-order chi connectivity index (χ1) is 8.45. The van der Waals surface area contributed by atoms with Crippen LogP contribution < -0.4 is 10.5 Å². The average molecular weight is 251 g/mol. The highest BCUT2D eigenvalue weighted by atomic mass is 16.5. The fourth-order valence-electron chi connectivity index (χ4n) is 1.99. The lowest BCUT2D eigenvalue weighted by atomic mass is 10.1. The molecule has 1 heterocycles. The Hall–Kier alpha value is -1.13. The molecule has 0 radical (unpaired) electrons. The smallest absolute Gasteiger partial charge is 0.128 e. The van der Waals surface area contributed by atoms with E-state index in [-0.39, 0.29) is 6.04 Å². The molecule has 0 spiro atoms. The summed E-state index contributed by atoms with van der Waals surface area (Å²) >= 11 is 0. The highest BCUT2D eigenvalue weighted by Crippen LogP contribution is 2.24. The lowest BCUT2D eigenvalue weighted by molar-refractivity contribution is 0.308. The van der Waals surface area contributed by atoms with Gasteiger partial charge in [0.2, 0.25) is 0 Å². The molecule has 0 aromatic carbocycles. The van der Waals surface area contributed by atoms with Gasteiger partial charge in [0.05, 0.1) is 12.8 Å². The molecule has 18 heavy (non-hydrogen) atoms. The first kappa shape index (κ1) is 14.9. The summed E-state index contributed by atoms with van der Waals surface area (Å²) in [7, 11) is 3.80. The van der Waals surface area contributed by atoms with E-state index in [1.807, 2.05) is 20.0 Å². The van der Waals surface area contributed by atoms with Crippen LogP contribution in [-0.2, 0) is 6.54 Å². The van der Waals surface area contributed by atoms with Crippen molar-refractivity contribution in [3.05, 3.63) is 23.0 Å². The van der Waals surface area contributed by atoms with Crippen LogP contribution in [0.25, 0.3) is 0 Å². The minimum Gasteiger partial charge on any atom is -0.496 e. The predicted octanol–water partition coefficient (Wildman–Crippen LogP) is 1.88. The first-order valence-corrected chi connectivity index (χ1v) is 6.39. The Labute approximate surface area is 110 Å². The molecule has 1 aromatic rings. The number of pyridine rings is 1. The molecule has 4 heteroatoms. The van der Waals surface area contributed by atoms with Gasteiger partial charge in [-0.15, -0.1) is 0 Å². The third-order valence-electron chi connectivity index (χ3n) is 3.14. The van der Waals surface area contributed by atoms with Crippen molar-refractivity contribution in [1.82, 2.24) is 9.88 Å². The van der Waals surface area contributed by atoms with Crippen LogP contribution in [0.4, 0.5) is 0 Å². The van der Waals surface area contributed by atoms with E-state index in [2.05, 4.69) is 23.9 Å². The molecule has 1 rings (SSSR count). The number of methoxy groups -OCH3 is 1. The molecule has 0 aliphatic carbocycles. The van der Waals surface area contributed by atoms with Gasteiger partial charge in [-0.05, 0) is 40.8 Å². The number of aryl methyl sites for hydroxylation is 1. The average Bonchev–Trinajstić information content (AvgIpc) is 2.31. The van der Waals surface area contributed by atoms with Crippen molar-refractivity contribution in [3.63, 3.8) is 0 Å². The topological polar surface area (TPSA) is 51.4 Å². The number of aromatic nitrogens is 1. The summed E-state index contributed by atoms with van der Waals surface area (Å²) in [6.45, 7) is 7.92. The third kappa shape index (κ3) is 3.96. The molecule has 102 valence electrons. The van der Waals surface area contributed by atoms with E-state index in [1.165, 1.54) is 0 Å². The number of nitrogens with zero attached hydrogens (tertiary/aromatic N) is 2. The maximum atomic E-state index is 5.77. The van der Waals surface area contributed by atoms with Crippen LogP contribution in [0, 0.1) is 13.8 Å². The maximum absolute atomic E-state index is 5.77. The van der Waals surface area contributed by atoms with Crippen molar-refractivity contribution < 1.29 is 4.74 Å². The van der Waals surface area contributed by atoms with Gasteiger partial charge >= 0.3 is 0 Å². The summed E-state index contributed by atoms with van der Waals surface area (Å²) in [5.41, 5.74) is 9.05. The van der Waals surface area contributed by atoms with E-state index in [0.717, 1.165) is 42.1 Å². The van der Waals surface area contributed by atoms with Crippen LogP contribution in [0.3, 0.4) is 0 Å². The van der Waals surface area contributed by atoms with Gasteiger partial charge in [0, 0.05) is 29.9 Å². The molecule has 0 saturated carbocycles. The van der Waals surface area contributed by atoms with Gasteiger partial charge in [0.25, 0.3) is 0 Å². The van der Waals surface area contributed by atoms with E-state index < -0.39 is 0 Å². The minimum absolute atomic E-state index is 0.245. The Balaban J connectivity index is 2.73. The van der Waals surface area contributed by atoms with Gasteiger partial charge in [-0.2, -0.15) is 0 Å². The number of hydrogen-bond acceptors (Lipinski definition) is 4. The van der Waals surface area contributed by atoms with Crippen molar-refractivity contribution >= 4 is 0 Å². The molecule has 2 N–H and O–H groups in total. The van der Waals surface area contributed by atoms with Crippen LogP contribution in [0.1, 0.15) is 30.2 Å². The molecule has 1 aromatic heterocycles. The molecule has 0 saturated heterocycles. The number of rotatable bonds is 6. The van der Waals surface area contributed by atoms with Gasteiger partial charge in [-0.1, -0.05) is 0 Å². The van der Waals surface area contributed by atoms with Gasteiger partial charge in [0.1, 0.15) is 5.75 Å². The van der Waals surface area contributed by atoms with Crippen molar-refractivity contribution in [2.24, 2.45) is 5.73 Å². The van der Waals surface area contributed by atoms with Crippen molar-refractivity contribution in [2.75, 3.05) is 20.7 Å². The summed E-state index contributed by atoms with van der Waals surface area (Å²) in [6, 6.07) is 0.245. The normalized spacial score (nSPS) is 12.8. The number of ether oxygens (including phenoxy) is 1. The maximum Gasteiger partial charge on any atom is 0.128 e. The van der Waals surface area contributed by atoms with Crippen LogP contribution in [0.2, 0.25) is 0 Å². The highest BCUT2D eigenvalue weighted by molar-refractivity contribution is 5.40. The first-order valence-electron chi connectivity index (χ1n) is 6.39. The van der Waals surface area contributed by atoms with E-state index in [1.54, 1.807) is 7.11 Å². The standard InChI is InChI=1S/C14H25N3O/c1-10-8-16-13(12(3)14(10)18-5)9-17(4)7-6-11(2)15/h8,11H,6-7,9,15H2,1-5H3. The molecular formula is C14H25N3O. The van der Waals surface area contributed by atoms with Crippen molar-refractivity contribution in [3.8, 4) is 5.75 Å². The quantitative estimate of drug-likeness (QED) is 0.838. The molecule has 0 aliphatic heterocycles. The van der Waals surface area contributed by atoms with Crippen LogP contribution in [-0.4, -0.2) is 36.6 Å². The van der Waals surface area contributed by atoms with Crippen molar-refractivity contribution in [2.45, 2.75) is 39.8 Å². The molecule has 0 fully saturated rings. The second-order valence-corrected chi connectivity index (χ2v) is 5.05. The van der Waals surface area contributed by atoms with Gasteiger partial charge in [0.15, 0.2) is 0 Å². The van der Waals surface area contributed by atoms with Crippen LogP contribution in [0.15, 0.2) is 6.20 Å². The van der Waals surface area contributed by atoms with Gasteiger partial charge in [-0.3, -0.25) is 4.98 Å². The molecule has 0 aliphatic rings. The van der Waals surface area contributed by atoms with E-state index in [0.29, 0.717) is 0 Å². The molecule has 0 bridgehead atoms. The predicted molar refractivity (Wildman–Crippen MR) is 74.9 cm³/mol. The lowest BCUT2D eigenvalue weighted by Crippen LogP contribution is -2.26. The number of hydrogen-bond donors (Lipinski definition) is 1. The molecular weight excluding hydrogens is 226 g/mol. The van der Waals surface area contributed by atoms with E-state index >= 15 is 0 Å².